The molecule has 0 saturated heterocycles. The Labute approximate surface area is 161 Å². The largest absolute Gasteiger partial charge is 0.356 e. The van der Waals surface area contributed by atoms with Crippen LogP contribution in [0.1, 0.15) is 30.7 Å². The predicted molar refractivity (Wildman–Crippen MR) is 107 cm³/mol. The van der Waals surface area contributed by atoms with Crippen molar-refractivity contribution in [2.45, 2.75) is 32.2 Å². The van der Waals surface area contributed by atoms with Crippen LogP contribution in [0, 0.1) is 5.92 Å². The van der Waals surface area contributed by atoms with Crippen LogP contribution in [0.3, 0.4) is 0 Å². The van der Waals surface area contributed by atoms with Crippen LogP contribution in [0.2, 0.25) is 0 Å². The van der Waals surface area contributed by atoms with Crippen molar-refractivity contribution in [1.82, 2.24) is 14.9 Å². The maximum Gasteiger partial charge on any atom is 0.223 e. The van der Waals surface area contributed by atoms with Gasteiger partial charge in [-0.25, -0.2) is 4.98 Å². The van der Waals surface area contributed by atoms with Crippen molar-refractivity contribution in [3.8, 4) is 0 Å². The number of rotatable bonds is 7. The van der Waals surface area contributed by atoms with Crippen molar-refractivity contribution < 1.29 is 4.79 Å². The van der Waals surface area contributed by atoms with Gasteiger partial charge in [-0.05, 0) is 49.1 Å². The molecule has 5 heteroatoms. The molecule has 1 aliphatic rings. The minimum absolute atomic E-state index is 0.215. The number of hydrogen-bond acceptors (Lipinski definition) is 2. The average Bonchev–Trinajstić information content (AvgIpc) is 3.43. The number of aromatic nitrogens is 2. The first-order chi connectivity index (χ1) is 12.7. The van der Waals surface area contributed by atoms with Crippen LogP contribution in [-0.2, 0) is 17.8 Å². The predicted octanol–water partition coefficient (Wildman–Crippen LogP) is 4.31. The Bertz CT molecular complexity index is 930. The molecule has 1 fully saturated rings. The molecule has 1 amide bonds. The first-order valence-corrected chi connectivity index (χ1v) is 9.96. The van der Waals surface area contributed by atoms with E-state index in [1.54, 1.807) is 0 Å². The Hall–Kier alpha value is -2.14. The van der Waals surface area contributed by atoms with Gasteiger partial charge in [-0.1, -0.05) is 40.2 Å². The normalized spacial score (nSPS) is 13.9. The highest BCUT2D eigenvalue weighted by Crippen LogP contribution is 2.28. The summed E-state index contributed by atoms with van der Waals surface area (Å²) in [4.78, 5) is 16.6. The minimum Gasteiger partial charge on any atom is -0.356 e. The standard InChI is InChI=1S/C21H22BrN3O/c22-17-6-3-5-15(13-17)14-25-19-8-2-1-7-18(19)24-20(25)9-4-12-23-21(26)16-10-11-16/h1-3,5-8,13,16H,4,9-12,14H2,(H,23,26). The van der Waals surface area contributed by atoms with E-state index < -0.39 is 0 Å². The van der Waals surface area contributed by atoms with E-state index in [2.05, 4.69) is 62.2 Å². The molecule has 0 bridgehead atoms. The smallest absolute Gasteiger partial charge is 0.223 e. The van der Waals surface area contributed by atoms with Gasteiger partial charge in [-0.15, -0.1) is 0 Å². The molecule has 0 spiro atoms. The van der Waals surface area contributed by atoms with Gasteiger partial charge in [0.15, 0.2) is 0 Å². The summed E-state index contributed by atoms with van der Waals surface area (Å²) >= 11 is 3.55. The Balaban J connectivity index is 1.50. The van der Waals surface area contributed by atoms with Crippen molar-refractivity contribution in [2.24, 2.45) is 5.92 Å². The van der Waals surface area contributed by atoms with E-state index in [4.69, 9.17) is 4.98 Å². The van der Waals surface area contributed by atoms with Gasteiger partial charge in [0.1, 0.15) is 5.82 Å². The third-order valence-electron chi connectivity index (χ3n) is 4.79. The van der Waals surface area contributed by atoms with Gasteiger partial charge in [-0.2, -0.15) is 0 Å². The topological polar surface area (TPSA) is 46.9 Å². The number of amides is 1. The number of nitrogens with one attached hydrogen (secondary N) is 1. The fraction of sp³-hybridized carbons (Fsp3) is 0.333. The third-order valence-corrected chi connectivity index (χ3v) is 5.28. The lowest BCUT2D eigenvalue weighted by molar-refractivity contribution is -0.122. The number of hydrogen-bond donors (Lipinski definition) is 1. The zero-order valence-corrected chi connectivity index (χ0v) is 16.2. The summed E-state index contributed by atoms with van der Waals surface area (Å²) in [7, 11) is 0. The molecular formula is C21H22BrN3O. The summed E-state index contributed by atoms with van der Waals surface area (Å²) in [6.45, 7) is 1.51. The number of carbonyl (C=O) groups excluding carboxylic acids is 1. The van der Waals surface area contributed by atoms with E-state index in [9.17, 15) is 4.79 Å². The van der Waals surface area contributed by atoms with E-state index >= 15 is 0 Å². The van der Waals surface area contributed by atoms with Crippen molar-refractivity contribution in [3.05, 3.63) is 64.4 Å². The lowest BCUT2D eigenvalue weighted by atomic mass is 10.2. The van der Waals surface area contributed by atoms with Crippen LogP contribution in [0.15, 0.2) is 53.0 Å². The van der Waals surface area contributed by atoms with Crippen LogP contribution in [0.5, 0.6) is 0 Å². The van der Waals surface area contributed by atoms with Crippen molar-refractivity contribution in [1.29, 1.82) is 0 Å². The van der Waals surface area contributed by atoms with E-state index in [-0.39, 0.29) is 11.8 Å². The van der Waals surface area contributed by atoms with Gasteiger partial charge >= 0.3 is 0 Å². The van der Waals surface area contributed by atoms with Crippen LogP contribution in [0.25, 0.3) is 11.0 Å². The second kappa shape index (κ2) is 7.62. The molecule has 2 aromatic carbocycles. The molecule has 3 aromatic rings. The number of nitrogens with zero attached hydrogens (tertiary/aromatic N) is 2. The zero-order valence-electron chi connectivity index (χ0n) is 14.6. The second-order valence-corrected chi connectivity index (χ2v) is 7.82. The number of carbonyl (C=O) groups is 1. The summed E-state index contributed by atoms with van der Waals surface area (Å²) in [6, 6.07) is 16.7. The summed E-state index contributed by atoms with van der Waals surface area (Å²) in [5.41, 5.74) is 3.43. The second-order valence-electron chi connectivity index (χ2n) is 6.90. The highest BCUT2D eigenvalue weighted by atomic mass is 79.9. The fourth-order valence-electron chi connectivity index (χ4n) is 3.26. The monoisotopic (exact) mass is 411 g/mol. The molecule has 1 aliphatic carbocycles. The maximum atomic E-state index is 11.8. The molecule has 1 saturated carbocycles. The maximum absolute atomic E-state index is 11.8. The minimum atomic E-state index is 0.215. The van der Waals surface area contributed by atoms with E-state index in [0.717, 1.165) is 60.1 Å². The molecule has 1 heterocycles. The molecule has 0 atom stereocenters. The summed E-state index contributed by atoms with van der Waals surface area (Å²) in [5.74, 6) is 1.57. The highest BCUT2D eigenvalue weighted by Gasteiger charge is 2.29. The molecule has 0 radical (unpaired) electrons. The Morgan fingerprint density at radius 1 is 1.19 bits per heavy atom. The van der Waals surface area contributed by atoms with Gasteiger partial charge < -0.3 is 9.88 Å². The van der Waals surface area contributed by atoms with Crippen LogP contribution < -0.4 is 5.32 Å². The lowest BCUT2D eigenvalue weighted by Gasteiger charge is -2.10. The number of para-hydroxylation sites is 2. The molecule has 1 aromatic heterocycles. The molecule has 0 unspecified atom stereocenters. The van der Waals surface area contributed by atoms with Crippen molar-refractivity contribution >= 4 is 32.9 Å². The van der Waals surface area contributed by atoms with Gasteiger partial charge in [0.25, 0.3) is 0 Å². The molecule has 0 aliphatic heterocycles. The Morgan fingerprint density at radius 2 is 2.04 bits per heavy atom. The first-order valence-electron chi connectivity index (χ1n) is 9.17. The van der Waals surface area contributed by atoms with Gasteiger partial charge in [0, 0.05) is 29.9 Å². The van der Waals surface area contributed by atoms with Gasteiger partial charge in [0.2, 0.25) is 5.91 Å². The first kappa shape index (κ1) is 17.3. The average molecular weight is 412 g/mol. The highest BCUT2D eigenvalue weighted by molar-refractivity contribution is 9.10. The third kappa shape index (κ3) is 3.98. The SMILES string of the molecule is O=C(NCCCc1nc2ccccc2n1Cc1cccc(Br)c1)C1CC1. The number of fused-ring (bicyclic) bond motifs is 1. The van der Waals surface area contributed by atoms with Crippen LogP contribution in [-0.4, -0.2) is 22.0 Å². The molecular weight excluding hydrogens is 390 g/mol. The Morgan fingerprint density at radius 3 is 2.85 bits per heavy atom. The Kier molecular flexibility index (Phi) is 5.07. The fourth-order valence-corrected chi connectivity index (χ4v) is 3.71. The number of benzene rings is 2. The zero-order chi connectivity index (χ0) is 17.9. The number of aryl methyl sites for hydroxylation is 1. The number of halogens is 1. The van der Waals surface area contributed by atoms with Gasteiger partial charge in [0.05, 0.1) is 11.0 Å². The van der Waals surface area contributed by atoms with Gasteiger partial charge in [-0.3, -0.25) is 4.79 Å². The van der Waals surface area contributed by atoms with E-state index in [1.165, 1.54) is 5.56 Å². The van der Waals surface area contributed by atoms with Crippen LogP contribution >= 0.6 is 15.9 Å². The molecule has 4 nitrogen and oxygen atoms in total. The van der Waals surface area contributed by atoms with E-state index in [0.29, 0.717) is 0 Å². The summed E-state index contributed by atoms with van der Waals surface area (Å²) < 4.78 is 3.38. The summed E-state index contributed by atoms with van der Waals surface area (Å²) in [6.07, 6.45) is 3.86. The van der Waals surface area contributed by atoms with E-state index in [1.807, 2.05) is 12.1 Å². The molecule has 1 N–H and O–H groups in total. The van der Waals surface area contributed by atoms with Crippen LogP contribution in [0.4, 0.5) is 0 Å². The number of imidazole rings is 1. The van der Waals surface area contributed by atoms with Crippen molar-refractivity contribution in [3.63, 3.8) is 0 Å². The quantitative estimate of drug-likeness (QED) is 0.588. The molecule has 26 heavy (non-hydrogen) atoms. The molecule has 134 valence electrons. The molecule has 4 rings (SSSR count). The lowest BCUT2D eigenvalue weighted by Crippen LogP contribution is -2.26. The summed E-state index contributed by atoms with van der Waals surface area (Å²) in [5, 5.41) is 3.04. The van der Waals surface area contributed by atoms with Crippen molar-refractivity contribution in [2.75, 3.05) is 6.54 Å².